The SMILES string of the molecule is CC1(C)COc2c([S@](N)(=O)=NC(=O)Nc3c4c(cc5c3CC5)CCC4)cnn2C1. The highest BCUT2D eigenvalue weighted by Crippen LogP contribution is 2.40. The molecule has 0 saturated heterocycles. The fraction of sp³-hybridized carbons (Fsp3) is 0.500. The summed E-state index contributed by atoms with van der Waals surface area (Å²) in [6.45, 7) is 5.19. The van der Waals surface area contributed by atoms with Crippen molar-refractivity contribution in [3.05, 3.63) is 34.5 Å². The number of nitrogens with one attached hydrogen (secondary N) is 1. The summed E-state index contributed by atoms with van der Waals surface area (Å²) in [5.74, 6) is 0.332. The first kappa shape index (κ1) is 18.6. The van der Waals surface area contributed by atoms with Crippen molar-refractivity contribution in [1.82, 2.24) is 9.78 Å². The molecule has 2 heterocycles. The molecule has 2 aliphatic carbocycles. The van der Waals surface area contributed by atoms with Gasteiger partial charge >= 0.3 is 6.03 Å². The Kier molecular flexibility index (Phi) is 4.05. The van der Waals surface area contributed by atoms with Crippen molar-refractivity contribution in [3.63, 3.8) is 0 Å². The highest BCUT2D eigenvalue weighted by molar-refractivity contribution is 7.91. The van der Waals surface area contributed by atoms with E-state index in [1.165, 1.54) is 28.5 Å². The standard InChI is InChI=1S/C20H25N5O3S/c1-20(2)10-25-18(28-11-20)16(9-22-25)29(21,27)24-19(26)23-17-14-5-3-4-12(14)8-13-6-7-15(13)17/h8-9H,3-7,10-11H2,1-2H3,(H3,21,23,24,26,27)/t29-/m1/s1. The predicted molar refractivity (Wildman–Crippen MR) is 109 cm³/mol. The Bertz CT molecular complexity index is 1160. The van der Waals surface area contributed by atoms with Crippen LogP contribution in [0.2, 0.25) is 0 Å². The van der Waals surface area contributed by atoms with Crippen molar-refractivity contribution in [2.24, 2.45) is 14.9 Å². The number of benzene rings is 1. The van der Waals surface area contributed by atoms with Crippen molar-refractivity contribution in [1.29, 1.82) is 0 Å². The Morgan fingerprint density at radius 2 is 2.03 bits per heavy atom. The zero-order valence-corrected chi connectivity index (χ0v) is 17.5. The topological polar surface area (TPSA) is 112 Å². The second kappa shape index (κ2) is 6.30. The zero-order valence-electron chi connectivity index (χ0n) is 16.7. The molecule has 154 valence electrons. The Hall–Kier alpha value is -2.39. The van der Waals surface area contributed by atoms with E-state index in [0.717, 1.165) is 37.8 Å². The summed E-state index contributed by atoms with van der Waals surface area (Å²) in [7, 11) is -3.48. The molecule has 29 heavy (non-hydrogen) atoms. The van der Waals surface area contributed by atoms with Crippen LogP contribution in [-0.4, -0.2) is 26.6 Å². The molecule has 0 fully saturated rings. The van der Waals surface area contributed by atoms with Gasteiger partial charge in [-0.05, 0) is 54.4 Å². The van der Waals surface area contributed by atoms with Crippen LogP contribution in [0.5, 0.6) is 5.88 Å². The van der Waals surface area contributed by atoms with Gasteiger partial charge in [0.25, 0.3) is 0 Å². The van der Waals surface area contributed by atoms with Gasteiger partial charge in [-0.3, -0.25) is 0 Å². The number of carbonyl (C=O) groups excluding carboxylic acids is 1. The van der Waals surface area contributed by atoms with Gasteiger partial charge in [-0.25, -0.2) is 18.8 Å². The number of hydrogen-bond donors (Lipinski definition) is 2. The highest BCUT2D eigenvalue weighted by atomic mass is 32.2. The molecule has 0 bridgehead atoms. The predicted octanol–water partition coefficient (Wildman–Crippen LogP) is 2.82. The molecule has 0 radical (unpaired) electrons. The van der Waals surface area contributed by atoms with Crippen molar-refractivity contribution >= 4 is 21.6 Å². The van der Waals surface area contributed by atoms with E-state index in [1.54, 1.807) is 4.68 Å². The number of anilines is 1. The molecule has 0 unspecified atom stereocenters. The number of urea groups is 1. The second-order valence-electron chi connectivity index (χ2n) is 8.90. The third kappa shape index (κ3) is 3.12. The maximum atomic E-state index is 13.1. The van der Waals surface area contributed by atoms with E-state index in [2.05, 4.69) is 34.7 Å². The average Bonchev–Trinajstić information content (AvgIpc) is 3.22. The van der Waals surface area contributed by atoms with E-state index in [4.69, 9.17) is 9.88 Å². The van der Waals surface area contributed by atoms with Gasteiger partial charge < -0.3 is 10.1 Å². The quantitative estimate of drug-likeness (QED) is 0.785. The number of hydrogen-bond acceptors (Lipinski definition) is 4. The van der Waals surface area contributed by atoms with Gasteiger partial charge in [0, 0.05) is 11.1 Å². The third-order valence-corrected chi connectivity index (χ3v) is 7.29. The van der Waals surface area contributed by atoms with Crippen LogP contribution in [0.4, 0.5) is 10.5 Å². The number of carbonyl (C=O) groups is 1. The van der Waals surface area contributed by atoms with Crippen molar-refractivity contribution < 1.29 is 13.7 Å². The monoisotopic (exact) mass is 415 g/mol. The molecule has 3 aliphatic rings. The van der Waals surface area contributed by atoms with Crippen LogP contribution in [0.1, 0.15) is 42.5 Å². The van der Waals surface area contributed by atoms with Crippen LogP contribution in [0.15, 0.2) is 21.5 Å². The van der Waals surface area contributed by atoms with Crippen LogP contribution in [0.25, 0.3) is 0 Å². The number of fused-ring (bicyclic) bond motifs is 3. The van der Waals surface area contributed by atoms with Crippen LogP contribution >= 0.6 is 0 Å². The van der Waals surface area contributed by atoms with Crippen molar-refractivity contribution in [2.75, 3.05) is 11.9 Å². The van der Waals surface area contributed by atoms with E-state index < -0.39 is 15.9 Å². The van der Waals surface area contributed by atoms with E-state index in [1.807, 2.05) is 0 Å². The lowest BCUT2D eigenvalue weighted by Crippen LogP contribution is -2.33. The average molecular weight is 416 g/mol. The summed E-state index contributed by atoms with van der Waals surface area (Å²) in [5, 5.41) is 13.1. The summed E-state index contributed by atoms with van der Waals surface area (Å²) in [5.41, 5.74) is 5.70. The normalized spacial score (nSPS) is 20.4. The number of aromatic nitrogens is 2. The van der Waals surface area contributed by atoms with E-state index >= 15 is 0 Å². The van der Waals surface area contributed by atoms with E-state index in [0.29, 0.717) is 19.0 Å². The van der Waals surface area contributed by atoms with Gasteiger partial charge in [0.1, 0.15) is 4.90 Å². The lowest BCUT2D eigenvalue weighted by molar-refractivity contribution is 0.0972. The third-order valence-electron chi connectivity index (χ3n) is 5.95. The van der Waals surface area contributed by atoms with Crippen LogP contribution in [-0.2, 0) is 42.1 Å². The van der Waals surface area contributed by atoms with Gasteiger partial charge in [-0.2, -0.15) is 5.10 Å². The summed E-state index contributed by atoms with van der Waals surface area (Å²) in [6.07, 6.45) is 6.43. The molecule has 0 spiro atoms. The summed E-state index contributed by atoms with van der Waals surface area (Å²) in [4.78, 5) is 12.8. The second-order valence-corrected chi connectivity index (χ2v) is 10.7. The molecule has 1 atom stereocenters. The fourth-order valence-corrected chi connectivity index (χ4v) is 5.43. The van der Waals surface area contributed by atoms with Gasteiger partial charge in [0.05, 0.1) is 19.3 Å². The molecule has 0 saturated carbocycles. The van der Waals surface area contributed by atoms with Crippen LogP contribution in [0, 0.1) is 5.41 Å². The lowest BCUT2D eigenvalue weighted by Gasteiger charge is -2.30. The van der Waals surface area contributed by atoms with Crippen molar-refractivity contribution in [3.8, 4) is 5.88 Å². The lowest BCUT2D eigenvalue weighted by atomic mass is 9.83. The fourth-order valence-electron chi connectivity index (χ4n) is 4.43. The molecular formula is C20H25N5O3S. The maximum absolute atomic E-state index is 13.1. The number of ether oxygens (including phenoxy) is 1. The molecule has 1 aromatic heterocycles. The highest BCUT2D eigenvalue weighted by Gasteiger charge is 2.32. The number of rotatable bonds is 2. The molecule has 9 heteroatoms. The van der Waals surface area contributed by atoms with E-state index in [-0.39, 0.29) is 10.3 Å². The van der Waals surface area contributed by atoms with Crippen molar-refractivity contribution in [2.45, 2.75) is 57.4 Å². The minimum Gasteiger partial charge on any atom is -0.476 e. The number of amides is 2. The van der Waals surface area contributed by atoms with Gasteiger partial charge in [0.2, 0.25) is 5.88 Å². The molecule has 1 aromatic carbocycles. The Balaban J connectivity index is 1.45. The molecule has 3 N–H and O–H groups in total. The molecule has 5 rings (SSSR count). The Morgan fingerprint density at radius 1 is 1.28 bits per heavy atom. The summed E-state index contributed by atoms with van der Waals surface area (Å²) in [6, 6.07) is 1.57. The first-order valence-electron chi connectivity index (χ1n) is 9.94. The van der Waals surface area contributed by atoms with Gasteiger partial charge in [-0.1, -0.05) is 19.9 Å². The van der Waals surface area contributed by atoms with Gasteiger partial charge in [0.15, 0.2) is 9.92 Å². The minimum absolute atomic E-state index is 0.0875. The Morgan fingerprint density at radius 3 is 2.79 bits per heavy atom. The number of aryl methyl sites for hydroxylation is 2. The summed E-state index contributed by atoms with van der Waals surface area (Å²) < 4.78 is 24.3. The van der Waals surface area contributed by atoms with Crippen LogP contribution in [0.3, 0.4) is 0 Å². The maximum Gasteiger partial charge on any atom is 0.354 e. The summed E-state index contributed by atoms with van der Waals surface area (Å²) >= 11 is 0. The molecular weight excluding hydrogens is 390 g/mol. The number of nitrogens with zero attached hydrogens (tertiary/aromatic N) is 3. The number of nitrogens with two attached hydrogens (primary N) is 1. The molecule has 2 aromatic rings. The first-order chi connectivity index (χ1) is 13.7. The largest absolute Gasteiger partial charge is 0.476 e. The minimum atomic E-state index is -3.48. The molecule has 8 nitrogen and oxygen atoms in total. The molecule has 2 amide bonds. The smallest absolute Gasteiger partial charge is 0.354 e. The Labute approximate surface area is 170 Å². The first-order valence-corrected chi connectivity index (χ1v) is 11.5. The van der Waals surface area contributed by atoms with Gasteiger partial charge in [-0.15, -0.1) is 4.36 Å². The zero-order chi connectivity index (χ0) is 20.4. The van der Waals surface area contributed by atoms with E-state index in [9.17, 15) is 9.00 Å². The van der Waals surface area contributed by atoms with Crippen LogP contribution < -0.4 is 15.2 Å². The molecule has 1 aliphatic heterocycles.